The molecule has 1 N–H and O–H groups in total. The van der Waals surface area contributed by atoms with Gasteiger partial charge in [0.05, 0.1) is 19.8 Å². The molecule has 0 aliphatic heterocycles. The first-order valence-corrected chi connectivity index (χ1v) is 8.42. The average Bonchev–Trinajstić information content (AvgIpc) is 2.80. The van der Waals surface area contributed by atoms with Gasteiger partial charge in [0.2, 0.25) is 0 Å². The summed E-state index contributed by atoms with van der Waals surface area (Å²) in [5.41, 5.74) is 0.961. The number of aliphatic hydroxyl groups is 1. The Labute approximate surface area is 188 Å². The Morgan fingerprint density at radius 3 is 2.23 bits per heavy atom. The van der Waals surface area contributed by atoms with E-state index in [0.29, 0.717) is 19.6 Å². The van der Waals surface area contributed by atoms with Crippen LogP contribution in [-0.2, 0) is 47.2 Å². The SMILES string of the molecule is C/C=C/C=C/C(=O)[C@H](C)[C@H](O)CCOCc1ccccc1OC.[C-]#[O+].[C-]#[O+].[C-]#[O+].[Fe]. The van der Waals surface area contributed by atoms with Gasteiger partial charge in [0.15, 0.2) is 5.78 Å². The molecule has 0 bridgehead atoms. The molecule has 0 aliphatic carbocycles. The van der Waals surface area contributed by atoms with Crippen LogP contribution in [-0.4, -0.2) is 30.7 Å². The van der Waals surface area contributed by atoms with Crippen molar-refractivity contribution >= 4 is 5.78 Å². The minimum absolute atomic E-state index is 0. The number of hydrogen-bond acceptors (Lipinski definition) is 4. The second kappa shape index (κ2) is 26.8. The molecule has 30 heavy (non-hydrogen) atoms. The molecule has 0 radical (unpaired) electrons. The molecule has 164 valence electrons. The molecule has 1 aromatic rings. The topological polar surface area (TPSA) is 115 Å². The predicted molar refractivity (Wildman–Crippen MR) is 103 cm³/mol. The van der Waals surface area contributed by atoms with Gasteiger partial charge in [-0.2, -0.15) is 0 Å². The first-order chi connectivity index (χ1) is 14.1. The van der Waals surface area contributed by atoms with Crippen molar-refractivity contribution in [3.63, 3.8) is 0 Å². The van der Waals surface area contributed by atoms with E-state index in [4.69, 9.17) is 23.4 Å². The molecule has 0 unspecified atom stereocenters. The van der Waals surface area contributed by atoms with Gasteiger partial charge in [-0.15, -0.1) is 0 Å². The number of hydrogen-bond donors (Lipinski definition) is 1. The standard InChI is InChI=1S/C19H26O4.3CO.Fe/c1-4-5-6-10-17(20)15(2)18(21)12-13-23-14-16-9-7-8-11-19(16)22-3;3*1-2;/h4-11,15,18,21H,12-14H2,1-3H3;;;;/b5-4+,10-6+;;;;/t15-,18+;;;;/m0..../s1. The Hall–Kier alpha value is -2.17. The Morgan fingerprint density at radius 1 is 1.13 bits per heavy atom. The molecule has 0 amide bonds. The van der Waals surface area contributed by atoms with Crippen molar-refractivity contribution in [2.75, 3.05) is 13.7 Å². The zero-order valence-corrected chi connectivity index (χ0v) is 18.2. The molecule has 0 spiro atoms. The van der Waals surface area contributed by atoms with E-state index in [2.05, 4.69) is 20.0 Å². The van der Waals surface area contributed by atoms with Crippen molar-refractivity contribution in [2.45, 2.75) is 33.0 Å². The number of ketones is 1. The largest absolute Gasteiger partial charge is 0 e. The summed E-state index contributed by atoms with van der Waals surface area (Å²) in [5.74, 6) is 0.261. The number of ether oxygens (including phenoxy) is 2. The molecular formula is C22H26FeO7. The third kappa shape index (κ3) is 16.8. The van der Waals surface area contributed by atoms with Crippen LogP contribution >= 0.6 is 0 Å². The summed E-state index contributed by atoms with van der Waals surface area (Å²) >= 11 is 0. The molecule has 1 rings (SSSR count). The van der Waals surface area contributed by atoms with Crippen LogP contribution < -0.4 is 4.74 Å². The number of carbonyl (C=O) groups is 1. The van der Waals surface area contributed by atoms with Crippen LogP contribution in [0, 0.1) is 25.9 Å². The van der Waals surface area contributed by atoms with Gasteiger partial charge in [-0.3, -0.25) is 4.79 Å². The summed E-state index contributed by atoms with van der Waals surface area (Å²) in [4.78, 5) is 11.9. The third-order valence-corrected chi connectivity index (χ3v) is 3.60. The van der Waals surface area contributed by atoms with Gasteiger partial charge >= 0.3 is 33.9 Å². The molecule has 0 saturated heterocycles. The maximum atomic E-state index is 11.9. The molecule has 0 heterocycles. The van der Waals surface area contributed by atoms with E-state index < -0.39 is 12.0 Å². The van der Waals surface area contributed by atoms with E-state index in [-0.39, 0.29) is 22.9 Å². The van der Waals surface area contributed by atoms with Crippen molar-refractivity contribution in [3.05, 3.63) is 74.1 Å². The molecule has 7 nitrogen and oxygen atoms in total. The van der Waals surface area contributed by atoms with Gasteiger partial charge in [0, 0.05) is 35.2 Å². The van der Waals surface area contributed by atoms with E-state index >= 15 is 0 Å². The number of carbonyl (C=O) groups excluding carboxylic acids is 1. The molecule has 0 saturated carbocycles. The second-order valence-corrected chi connectivity index (χ2v) is 5.30. The average molecular weight is 458 g/mol. The van der Waals surface area contributed by atoms with Crippen LogP contribution in [0.15, 0.2) is 48.6 Å². The van der Waals surface area contributed by atoms with Crippen LogP contribution in [0.4, 0.5) is 0 Å². The summed E-state index contributed by atoms with van der Waals surface area (Å²) in [5, 5.41) is 10.1. The fraction of sp³-hybridized carbons (Fsp3) is 0.364. The molecular weight excluding hydrogens is 432 g/mol. The number of methoxy groups -OCH3 is 1. The smallest absolute Gasteiger partial charge is 0 e. The number of rotatable bonds is 10. The molecule has 1 aromatic carbocycles. The van der Waals surface area contributed by atoms with E-state index in [1.54, 1.807) is 26.2 Å². The van der Waals surface area contributed by atoms with E-state index in [1.807, 2.05) is 37.3 Å². The number of allylic oxidation sites excluding steroid dienone is 4. The molecule has 8 heteroatoms. The predicted octanol–water partition coefficient (Wildman–Crippen LogP) is 3.19. The molecule has 0 aromatic heterocycles. The van der Waals surface area contributed by atoms with E-state index in [1.165, 1.54) is 6.08 Å². The van der Waals surface area contributed by atoms with Crippen LogP contribution in [0.2, 0.25) is 0 Å². The third-order valence-electron chi connectivity index (χ3n) is 3.60. The van der Waals surface area contributed by atoms with Crippen LogP contribution in [0.1, 0.15) is 25.8 Å². The normalized spacial score (nSPS) is 11.1. The van der Waals surface area contributed by atoms with Gasteiger partial charge in [-0.1, -0.05) is 43.4 Å². The molecule has 0 fully saturated rings. The fourth-order valence-electron chi connectivity index (χ4n) is 2.06. The van der Waals surface area contributed by atoms with Gasteiger partial charge in [-0.25, -0.2) is 0 Å². The van der Waals surface area contributed by atoms with Crippen molar-refractivity contribution in [1.82, 2.24) is 0 Å². The Kier molecular flexibility index (Phi) is 31.5. The Balaban J connectivity index is -0.000000441. The van der Waals surface area contributed by atoms with Crippen LogP contribution in [0.3, 0.4) is 0 Å². The zero-order chi connectivity index (χ0) is 23.1. The van der Waals surface area contributed by atoms with Gasteiger partial charge in [0.25, 0.3) is 0 Å². The van der Waals surface area contributed by atoms with Gasteiger partial charge in [-0.05, 0) is 25.5 Å². The zero-order valence-electron chi connectivity index (χ0n) is 17.1. The fourth-order valence-corrected chi connectivity index (χ4v) is 2.06. The molecule has 0 aliphatic rings. The van der Waals surface area contributed by atoms with Crippen molar-refractivity contribution in [2.24, 2.45) is 5.92 Å². The monoisotopic (exact) mass is 458 g/mol. The first-order valence-electron chi connectivity index (χ1n) is 8.42. The summed E-state index contributed by atoms with van der Waals surface area (Å²) < 4.78 is 33.3. The van der Waals surface area contributed by atoms with Crippen molar-refractivity contribution in [3.8, 4) is 5.75 Å². The minimum Gasteiger partial charge on any atom is 0 e. The number of para-hydroxylation sites is 1. The van der Waals surface area contributed by atoms with Gasteiger partial charge in [0.1, 0.15) is 5.75 Å². The second-order valence-electron chi connectivity index (χ2n) is 5.30. The van der Waals surface area contributed by atoms with Crippen molar-refractivity contribution < 1.29 is 50.4 Å². The summed E-state index contributed by atoms with van der Waals surface area (Å²) in [7, 11) is 1.62. The van der Waals surface area contributed by atoms with Crippen molar-refractivity contribution in [1.29, 1.82) is 0 Å². The maximum Gasteiger partial charge on any atom is 0 e. The minimum atomic E-state index is -0.713. The number of benzene rings is 1. The summed E-state index contributed by atoms with van der Waals surface area (Å²) in [6.45, 7) is 17.9. The Morgan fingerprint density at radius 2 is 1.70 bits per heavy atom. The summed E-state index contributed by atoms with van der Waals surface area (Å²) in [6, 6.07) is 7.65. The van der Waals surface area contributed by atoms with E-state index in [0.717, 1.165) is 11.3 Å². The van der Waals surface area contributed by atoms with E-state index in [9.17, 15) is 9.90 Å². The molecule has 2 atom stereocenters. The van der Waals surface area contributed by atoms with Gasteiger partial charge < -0.3 is 14.6 Å². The van der Waals surface area contributed by atoms with Crippen LogP contribution in [0.5, 0.6) is 5.75 Å². The number of aliphatic hydroxyl groups excluding tert-OH is 1. The Bertz CT molecular complexity index is 649. The quantitative estimate of drug-likeness (QED) is 0.145. The maximum absolute atomic E-state index is 11.9. The first kappa shape index (κ1) is 35.3. The van der Waals surface area contributed by atoms with Crippen LogP contribution in [0.25, 0.3) is 0 Å². The summed E-state index contributed by atoms with van der Waals surface area (Å²) in [6.07, 6.45) is 6.51.